The fraction of sp³-hybridized carbons (Fsp3) is 0.167. The van der Waals surface area contributed by atoms with Crippen LogP contribution in [0.25, 0.3) is 11.5 Å². The third kappa shape index (κ3) is 2.35. The number of halogens is 1. The molecule has 0 amide bonds. The van der Waals surface area contributed by atoms with Gasteiger partial charge >= 0.3 is 5.97 Å². The fourth-order valence-corrected chi connectivity index (χ4v) is 1.71. The van der Waals surface area contributed by atoms with Crippen LogP contribution in [0, 0.1) is 15.9 Å². The Morgan fingerprint density at radius 1 is 1.55 bits per heavy atom. The van der Waals surface area contributed by atoms with Gasteiger partial charge in [-0.3, -0.25) is 10.1 Å². The maximum atomic E-state index is 13.1. The first kappa shape index (κ1) is 13.7. The van der Waals surface area contributed by atoms with Gasteiger partial charge in [-0.2, -0.15) is 0 Å². The standard InChI is InChI=1S/C12H9FN2O5/c1-2-8-10(12(16)17)20-11(14-8)7-4-3-6(13)5-9(7)15(18)19/h3-5H,2H2,1H3,(H,16,17). The highest BCUT2D eigenvalue weighted by Gasteiger charge is 2.24. The summed E-state index contributed by atoms with van der Waals surface area (Å²) in [6, 6.07) is 2.87. The smallest absolute Gasteiger partial charge is 0.373 e. The number of nitro benzene ring substituents is 1. The Balaban J connectivity index is 2.63. The van der Waals surface area contributed by atoms with Crippen molar-refractivity contribution in [3.8, 4) is 11.5 Å². The maximum Gasteiger partial charge on any atom is 0.373 e. The van der Waals surface area contributed by atoms with Gasteiger partial charge in [-0.25, -0.2) is 14.2 Å². The number of aromatic nitrogens is 1. The lowest BCUT2D eigenvalue weighted by atomic mass is 10.2. The third-order valence-electron chi connectivity index (χ3n) is 2.61. The van der Waals surface area contributed by atoms with Crippen LogP contribution >= 0.6 is 0 Å². The van der Waals surface area contributed by atoms with Crippen molar-refractivity contribution in [1.82, 2.24) is 4.98 Å². The van der Waals surface area contributed by atoms with Crippen molar-refractivity contribution in [2.45, 2.75) is 13.3 Å². The van der Waals surface area contributed by atoms with E-state index < -0.39 is 22.4 Å². The van der Waals surface area contributed by atoms with Gasteiger partial charge in [-0.15, -0.1) is 0 Å². The van der Waals surface area contributed by atoms with Gasteiger partial charge in [0.1, 0.15) is 11.4 Å². The van der Waals surface area contributed by atoms with Crippen LogP contribution in [0.15, 0.2) is 22.6 Å². The molecular weight excluding hydrogens is 271 g/mol. The van der Waals surface area contributed by atoms with Crippen LogP contribution < -0.4 is 0 Å². The van der Waals surface area contributed by atoms with Crippen molar-refractivity contribution in [2.75, 3.05) is 0 Å². The van der Waals surface area contributed by atoms with Crippen molar-refractivity contribution < 1.29 is 23.6 Å². The van der Waals surface area contributed by atoms with Crippen LogP contribution in [0.4, 0.5) is 10.1 Å². The number of nitro groups is 1. The lowest BCUT2D eigenvalue weighted by Crippen LogP contribution is -1.98. The summed E-state index contributed by atoms with van der Waals surface area (Å²) < 4.78 is 18.1. The van der Waals surface area contributed by atoms with Gasteiger partial charge in [0, 0.05) is 0 Å². The zero-order valence-corrected chi connectivity index (χ0v) is 10.3. The summed E-state index contributed by atoms with van der Waals surface area (Å²) in [7, 11) is 0. The number of carboxylic acids is 1. The summed E-state index contributed by atoms with van der Waals surface area (Å²) in [4.78, 5) is 25.0. The number of aryl methyl sites for hydroxylation is 1. The molecule has 0 unspecified atom stereocenters. The van der Waals surface area contributed by atoms with E-state index in [2.05, 4.69) is 4.98 Å². The maximum absolute atomic E-state index is 13.1. The van der Waals surface area contributed by atoms with Crippen LogP contribution in [-0.2, 0) is 6.42 Å². The van der Waals surface area contributed by atoms with E-state index in [-0.39, 0.29) is 22.9 Å². The molecule has 20 heavy (non-hydrogen) atoms. The molecule has 8 heteroatoms. The van der Waals surface area contributed by atoms with Crippen molar-refractivity contribution in [3.05, 3.63) is 45.6 Å². The Labute approximate surface area is 111 Å². The Hall–Kier alpha value is -2.77. The van der Waals surface area contributed by atoms with Crippen LogP contribution in [0.1, 0.15) is 23.2 Å². The highest BCUT2D eigenvalue weighted by atomic mass is 19.1. The molecule has 1 aromatic carbocycles. The number of benzene rings is 1. The Bertz CT molecular complexity index is 695. The van der Waals surface area contributed by atoms with Gasteiger partial charge in [0.05, 0.1) is 16.7 Å². The van der Waals surface area contributed by atoms with Gasteiger partial charge in [-0.05, 0) is 18.6 Å². The predicted octanol–water partition coefficient (Wildman–Crippen LogP) is 2.65. The van der Waals surface area contributed by atoms with E-state index in [4.69, 9.17) is 9.52 Å². The van der Waals surface area contributed by atoms with Crippen molar-refractivity contribution in [1.29, 1.82) is 0 Å². The number of oxazole rings is 1. The molecule has 0 radical (unpaired) electrons. The number of carboxylic acid groups (broad SMARTS) is 1. The largest absolute Gasteiger partial charge is 0.475 e. The minimum Gasteiger partial charge on any atom is -0.475 e. The van der Waals surface area contributed by atoms with E-state index in [1.54, 1.807) is 6.92 Å². The van der Waals surface area contributed by atoms with Crippen LogP contribution in [0.5, 0.6) is 0 Å². The van der Waals surface area contributed by atoms with Crippen LogP contribution in [-0.4, -0.2) is 21.0 Å². The van der Waals surface area contributed by atoms with Crippen LogP contribution in [0.3, 0.4) is 0 Å². The fourth-order valence-electron chi connectivity index (χ4n) is 1.71. The molecular formula is C12H9FN2O5. The summed E-state index contributed by atoms with van der Waals surface area (Å²) >= 11 is 0. The van der Waals surface area contributed by atoms with E-state index in [0.717, 1.165) is 18.2 Å². The topological polar surface area (TPSA) is 106 Å². The minimum absolute atomic E-state index is 0.0707. The summed E-state index contributed by atoms with van der Waals surface area (Å²) in [6.45, 7) is 1.67. The molecule has 2 rings (SSSR count). The average Bonchev–Trinajstić information content (AvgIpc) is 2.82. The number of aromatic carboxylic acids is 1. The monoisotopic (exact) mass is 280 g/mol. The summed E-state index contributed by atoms with van der Waals surface area (Å²) in [5.74, 6) is -2.68. The van der Waals surface area contributed by atoms with Gasteiger partial charge < -0.3 is 9.52 Å². The number of hydrogen-bond acceptors (Lipinski definition) is 5. The second-order valence-electron chi connectivity index (χ2n) is 3.87. The SMILES string of the molecule is CCc1nc(-c2ccc(F)cc2[N+](=O)[O-])oc1C(=O)O. The lowest BCUT2D eigenvalue weighted by molar-refractivity contribution is -0.384. The second-order valence-corrected chi connectivity index (χ2v) is 3.87. The molecule has 1 N–H and O–H groups in total. The van der Waals surface area contributed by atoms with E-state index in [1.165, 1.54) is 0 Å². The molecule has 0 aliphatic rings. The molecule has 0 saturated heterocycles. The molecule has 0 spiro atoms. The minimum atomic E-state index is -1.31. The van der Waals surface area contributed by atoms with E-state index in [0.29, 0.717) is 6.42 Å². The molecule has 7 nitrogen and oxygen atoms in total. The Morgan fingerprint density at radius 2 is 2.25 bits per heavy atom. The van der Waals surface area contributed by atoms with E-state index in [9.17, 15) is 19.3 Å². The van der Waals surface area contributed by atoms with Crippen molar-refractivity contribution in [2.24, 2.45) is 0 Å². The second kappa shape index (κ2) is 5.08. The average molecular weight is 280 g/mol. The summed E-state index contributed by atoms with van der Waals surface area (Å²) in [5.41, 5.74) is -0.435. The normalized spacial score (nSPS) is 10.5. The summed E-state index contributed by atoms with van der Waals surface area (Å²) in [5, 5.41) is 19.8. The lowest BCUT2D eigenvalue weighted by Gasteiger charge is -1.98. The molecule has 1 heterocycles. The third-order valence-corrected chi connectivity index (χ3v) is 2.61. The zero-order valence-electron chi connectivity index (χ0n) is 10.3. The quantitative estimate of drug-likeness (QED) is 0.681. The van der Waals surface area contributed by atoms with E-state index >= 15 is 0 Å². The molecule has 0 fully saturated rings. The molecule has 1 aromatic heterocycles. The molecule has 0 aliphatic heterocycles. The van der Waals surface area contributed by atoms with Gasteiger partial charge in [0.2, 0.25) is 11.7 Å². The number of carbonyl (C=O) groups is 1. The van der Waals surface area contributed by atoms with Crippen molar-refractivity contribution >= 4 is 11.7 Å². The first-order valence-corrected chi connectivity index (χ1v) is 5.61. The number of nitrogens with zero attached hydrogens (tertiary/aromatic N) is 2. The highest BCUT2D eigenvalue weighted by Crippen LogP contribution is 2.31. The highest BCUT2D eigenvalue weighted by molar-refractivity contribution is 5.86. The Kier molecular flexibility index (Phi) is 3.47. The van der Waals surface area contributed by atoms with Gasteiger partial charge in [0.25, 0.3) is 5.69 Å². The number of hydrogen-bond donors (Lipinski definition) is 1. The number of rotatable bonds is 4. The van der Waals surface area contributed by atoms with Gasteiger partial charge in [0.15, 0.2) is 0 Å². The zero-order chi connectivity index (χ0) is 14.9. The first-order chi connectivity index (χ1) is 9.43. The van der Waals surface area contributed by atoms with Crippen LogP contribution in [0.2, 0.25) is 0 Å². The first-order valence-electron chi connectivity index (χ1n) is 5.61. The summed E-state index contributed by atoms with van der Waals surface area (Å²) in [6.07, 6.45) is 0.292. The molecule has 0 bridgehead atoms. The predicted molar refractivity (Wildman–Crippen MR) is 64.9 cm³/mol. The molecule has 104 valence electrons. The van der Waals surface area contributed by atoms with Crippen molar-refractivity contribution in [3.63, 3.8) is 0 Å². The van der Waals surface area contributed by atoms with E-state index in [1.807, 2.05) is 0 Å². The Morgan fingerprint density at radius 3 is 2.75 bits per heavy atom. The molecule has 0 aliphatic carbocycles. The molecule has 0 saturated carbocycles. The molecule has 2 aromatic rings. The molecule has 0 atom stereocenters. The van der Waals surface area contributed by atoms with Gasteiger partial charge in [-0.1, -0.05) is 6.92 Å².